The molecule has 2 aliphatic heterocycles. The van der Waals surface area contributed by atoms with Crippen molar-refractivity contribution in [1.82, 2.24) is 15.1 Å². The standard InChI is InChI=1S/C28H32FN3O4/c1-4-5-13-32-26(33)28(30-27(32)34,18-20-7-6-8-23(29)16-20)22-11-14-31(15-12-22)19-21-9-10-24(35-2)25(17-21)36-3/h6-10,16-17,22H,11-15,18-19H2,1-3H3,(H,30,34)/t28-/m1/s1. The molecule has 2 aromatic carbocycles. The van der Waals surface area contributed by atoms with Gasteiger partial charge in [0.05, 0.1) is 20.8 Å². The number of imide groups is 1. The molecule has 2 fully saturated rings. The number of urea groups is 1. The highest BCUT2D eigenvalue weighted by atomic mass is 19.1. The zero-order chi connectivity index (χ0) is 25.7. The van der Waals surface area contributed by atoms with Crippen LogP contribution in [0.1, 0.15) is 30.9 Å². The van der Waals surface area contributed by atoms with Crippen LogP contribution in [0.5, 0.6) is 11.5 Å². The summed E-state index contributed by atoms with van der Waals surface area (Å²) in [7, 11) is 3.23. The highest BCUT2D eigenvalue weighted by Crippen LogP contribution is 2.37. The Hall–Kier alpha value is -3.57. The first-order valence-electron chi connectivity index (χ1n) is 12.1. The molecule has 0 spiro atoms. The molecule has 1 N–H and O–H groups in total. The van der Waals surface area contributed by atoms with Crippen molar-refractivity contribution in [3.63, 3.8) is 0 Å². The number of amides is 3. The Morgan fingerprint density at radius 3 is 2.47 bits per heavy atom. The molecule has 7 nitrogen and oxygen atoms in total. The summed E-state index contributed by atoms with van der Waals surface area (Å²) < 4.78 is 24.7. The summed E-state index contributed by atoms with van der Waals surface area (Å²) in [5.74, 6) is 6.22. The zero-order valence-corrected chi connectivity index (χ0v) is 21.0. The van der Waals surface area contributed by atoms with Crippen molar-refractivity contribution in [3.8, 4) is 23.3 Å². The second kappa shape index (κ2) is 11.0. The van der Waals surface area contributed by atoms with Crippen LogP contribution in [0.3, 0.4) is 0 Å². The number of carbonyl (C=O) groups is 2. The minimum absolute atomic E-state index is 0.0458. The largest absolute Gasteiger partial charge is 0.493 e. The number of hydrogen-bond acceptors (Lipinski definition) is 5. The molecule has 1 atom stereocenters. The van der Waals surface area contributed by atoms with E-state index in [1.54, 1.807) is 33.3 Å². The third-order valence-corrected chi connectivity index (χ3v) is 7.13. The van der Waals surface area contributed by atoms with Gasteiger partial charge in [-0.3, -0.25) is 14.6 Å². The van der Waals surface area contributed by atoms with Crippen molar-refractivity contribution >= 4 is 11.9 Å². The SMILES string of the molecule is CC#CCN1C(=O)N[C@](Cc2cccc(F)c2)(C2CCN(Cc3ccc(OC)c(OC)c3)CC2)C1=O. The second-order valence-corrected chi connectivity index (χ2v) is 9.27. The number of halogens is 1. The number of benzene rings is 2. The van der Waals surface area contributed by atoms with Crippen LogP contribution in [0.15, 0.2) is 42.5 Å². The first kappa shape index (κ1) is 25.5. The van der Waals surface area contributed by atoms with Gasteiger partial charge in [0.25, 0.3) is 5.91 Å². The van der Waals surface area contributed by atoms with E-state index in [4.69, 9.17) is 9.47 Å². The smallest absolute Gasteiger partial charge is 0.325 e. The van der Waals surface area contributed by atoms with Gasteiger partial charge in [0.2, 0.25) is 0 Å². The molecule has 2 aromatic rings. The fraction of sp³-hybridized carbons (Fsp3) is 0.429. The van der Waals surface area contributed by atoms with Crippen molar-refractivity contribution < 1.29 is 23.5 Å². The molecule has 36 heavy (non-hydrogen) atoms. The Balaban J connectivity index is 1.52. The number of nitrogens with one attached hydrogen (secondary N) is 1. The lowest BCUT2D eigenvalue weighted by molar-refractivity contribution is -0.133. The maximum atomic E-state index is 14.0. The maximum Gasteiger partial charge on any atom is 0.325 e. The van der Waals surface area contributed by atoms with Crippen molar-refractivity contribution in [2.24, 2.45) is 5.92 Å². The van der Waals surface area contributed by atoms with Gasteiger partial charge in [0.1, 0.15) is 11.4 Å². The zero-order valence-electron chi connectivity index (χ0n) is 21.0. The van der Waals surface area contributed by atoms with E-state index in [1.165, 1.54) is 17.0 Å². The molecule has 0 unspecified atom stereocenters. The molecule has 2 heterocycles. The van der Waals surface area contributed by atoms with E-state index < -0.39 is 11.6 Å². The Bertz CT molecular complexity index is 1180. The van der Waals surface area contributed by atoms with Crippen LogP contribution in [0.2, 0.25) is 0 Å². The first-order chi connectivity index (χ1) is 17.4. The number of ether oxygens (including phenoxy) is 2. The fourth-order valence-corrected chi connectivity index (χ4v) is 5.28. The molecule has 0 aromatic heterocycles. The Labute approximate surface area is 211 Å². The predicted molar refractivity (Wildman–Crippen MR) is 134 cm³/mol. The third kappa shape index (κ3) is 5.17. The lowest BCUT2D eigenvalue weighted by Gasteiger charge is -2.41. The summed E-state index contributed by atoms with van der Waals surface area (Å²) in [6.07, 6.45) is 1.69. The van der Waals surface area contributed by atoms with Gasteiger partial charge in [0.15, 0.2) is 11.5 Å². The van der Waals surface area contributed by atoms with E-state index in [0.29, 0.717) is 17.1 Å². The van der Waals surface area contributed by atoms with Gasteiger partial charge in [-0.05, 0) is 74.2 Å². The van der Waals surface area contributed by atoms with E-state index in [2.05, 4.69) is 22.1 Å². The van der Waals surface area contributed by atoms with Crippen molar-refractivity contribution in [1.29, 1.82) is 0 Å². The number of piperidine rings is 1. The van der Waals surface area contributed by atoms with Crippen LogP contribution in [0.25, 0.3) is 0 Å². The average molecular weight is 494 g/mol. The molecule has 3 amide bonds. The molecule has 0 aliphatic carbocycles. The van der Waals surface area contributed by atoms with E-state index in [9.17, 15) is 14.0 Å². The molecule has 190 valence electrons. The van der Waals surface area contributed by atoms with Gasteiger partial charge < -0.3 is 14.8 Å². The summed E-state index contributed by atoms with van der Waals surface area (Å²) in [6, 6.07) is 11.7. The van der Waals surface area contributed by atoms with E-state index in [1.807, 2.05) is 18.2 Å². The number of carbonyl (C=O) groups excluding carboxylic acids is 2. The van der Waals surface area contributed by atoms with Crippen LogP contribution >= 0.6 is 0 Å². The Kier molecular flexibility index (Phi) is 7.80. The van der Waals surface area contributed by atoms with Gasteiger partial charge in [-0.1, -0.05) is 24.1 Å². The van der Waals surface area contributed by atoms with Crippen LogP contribution in [-0.4, -0.2) is 61.1 Å². The molecule has 2 saturated heterocycles. The van der Waals surface area contributed by atoms with Gasteiger partial charge in [-0.2, -0.15) is 0 Å². The van der Waals surface area contributed by atoms with Gasteiger partial charge >= 0.3 is 6.03 Å². The number of methoxy groups -OCH3 is 2. The first-order valence-corrected chi connectivity index (χ1v) is 12.1. The monoisotopic (exact) mass is 493 g/mol. The third-order valence-electron chi connectivity index (χ3n) is 7.13. The van der Waals surface area contributed by atoms with E-state index in [0.717, 1.165) is 38.0 Å². The predicted octanol–water partition coefficient (Wildman–Crippen LogP) is 3.61. The van der Waals surface area contributed by atoms with Crippen LogP contribution in [0.4, 0.5) is 9.18 Å². The molecular formula is C28H32FN3O4. The average Bonchev–Trinajstić information content (AvgIpc) is 3.12. The number of likely N-dealkylation sites (tertiary alicyclic amines) is 1. The lowest BCUT2D eigenvalue weighted by atomic mass is 9.74. The molecule has 8 heteroatoms. The summed E-state index contributed by atoms with van der Waals surface area (Å²) in [5, 5.41) is 3.00. The minimum Gasteiger partial charge on any atom is -0.493 e. The van der Waals surface area contributed by atoms with Gasteiger partial charge in [-0.15, -0.1) is 5.92 Å². The van der Waals surface area contributed by atoms with E-state index in [-0.39, 0.29) is 30.6 Å². The second-order valence-electron chi connectivity index (χ2n) is 9.27. The van der Waals surface area contributed by atoms with Crippen LogP contribution in [-0.2, 0) is 17.8 Å². The van der Waals surface area contributed by atoms with Crippen molar-refractivity contribution in [2.75, 3.05) is 33.9 Å². The quantitative estimate of drug-likeness (QED) is 0.449. The molecule has 0 bridgehead atoms. The maximum absolute atomic E-state index is 14.0. The molecule has 2 aliphatic rings. The fourth-order valence-electron chi connectivity index (χ4n) is 5.28. The Morgan fingerprint density at radius 1 is 1.06 bits per heavy atom. The normalized spacial score (nSPS) is 20.6. The Morgan fingerprint density at radius 2 is 1.81 bits per heavy atom. The van der Waals surface area contributed by atoms with Crippen LogP contribution in [0, 0.1) is 23.6 Å². The highest BCUT2D eigenvalue weighted by Gasteiger charge is 2.55. The summed E-state index contributed by atoms with van der Waals surface area (Å²) in [4.78, 5) is 30.0. The topological polar surface area (TPSA) is 71.1 Å². The van der Waals surface area contributed by atoms with Crippen LogP contribution < -0.4 is 14.8 Å². The van der Waals surface area contributed by atoms with E-state index >= 15 is 0 Å². The van der Waals surface area contributed by atoms with Gasteiger partial charge in [0, 0.05) is 13.0 Å². The molecular weight excluding hydrogens is 461 g/mol. The van der Waals surface area contributed by atoms with Crippen molar-refractivity contribution in [2.45, 2.75) is 38.3 Å². The molecule has 4 rings (SSSR count). The summed E-state index contributed by atoms with van der Waals surface area (Å²) >= 11 is 0. The lowest BCUT2D eigenvalue weighted by Crippen LogP contribution is -2.57. The number of hydrogen-bond donors (Lipinski definition) is 1. The molecule has 0 saturated carbocycles. The molecule has 0 radical (unpaired) electrons. The summed E-state index contributed by atoms with van der Waals surface area (Å²) in [5.41, 5.74) is 0.672. The number of nitrogens with zero attached hydrogens (tertiary/aromatic N) is 2. The number of rotatable bonds is 8. The minimum atomic E-state index is -1.12. The summed E-state index contributed by atoms with van der Waals surface area (Å²) in [6.45, 7) is 3.99. The van der Waals surface area contributed by atoms with Crippen molar-refractivity contribution in [3.05, 3.63) is 59.4 Å². The van der Waals surface area contributed by atoms with Gasteiger partial charge in [-0.25, -0.2) is 9.18 Å². The highest BCUT2D eigenvalue weighted by molar-refractivity contribution is 6.07.